The number of hydrogen-bond acceptors (Lipinski definition) is 2. The van der Waals surface area contributed by atoms with Crippen LogP contribution in [0.3, 0.4) is 0 Å². The lowest BCUT2D eigenvalue weighted by molar-refractivity contribution is 0.263. The third-order valence-electron chi connectivity index (χ3n) is 2.55. The lowest BCUT2D eigenvalue weighted by Crippen LogP contribution is -2.47. The van der Waals surface area contributed by atoms with Crippen molar-refractivity contribution in [3.63, 3.8) is 0 Å². The third-order valence-corrected chi connectivity index (χ3v) is 2.55. The van der Waals surface area contributed by atoms with Crippen molar-refractivity contribution in [3.8, 4) is 0 Å². The fraction of sp³-hybridized carbons (Fsp3) is 0.750. The molecular weight excluding hydrogens is 124 g/mol. The fourth-order valence-electron chi connectivity index (χ4n) is 1.87. The highest BCUT2D eigenvalue weighted by Crippen LogP contribution is 2.24. The van der Waals surface area contributed by atoms with Crippen molar-refractivity contribution < 1.29 is 0 Å². The highest BCUT2D eigenvalue weighted by Gasteiger charge is 2.27. The minimum atomic E-state index is 0.701. The van der Waals surface area contributed by atoms with Crippen molar-refractivity contribution in [2.75, 3.05) is 19.6 Å². The second kappa shape index (κ2) is 2.27. The Balaban J connectivity index is 2.07. The van der Waals surface area contributed by atoms with Crippen molar-refractivity contribution in [1.29, 1.82) is 0 Å². The average Bonchev–Trinajstić information content (AvgIpc) is 1.99. The van der Waals surface area contributed by atoms with Gasteiger partial charge in [0.1, 0.15) is 0 Å². The molecule has 0 aliphatic carbocycles. The van der Waals surface area contributed by atoms with Gasteiger partial charge in [-0.1, -0.05) is 6.58 Å². The van der Waals surface area contributed by atoms with Crippen LogP contribution in [0.2, 0.25) is 0 Å². The molecule has 0 aromatic heterocycles. The van der Waals surface area contributed by atoms with Crippen LogP contribution < -0.4 is 10.6 Å². The van der Waals surface area contributed by atoms with E-state index in [0.717, 1.165) is 19.0 Å². The van der Waals surface area contributed by atoms with Gasteiger partial charge in [-0.25, -0.2) is 0 Å². The van der Waals surface area contributed by atoms with E-state index in [-0.39, 0.29) is 0 Å². The van der Waals surface area contributed by atoms with Crippen LogP contribution in [0.15, 0.2) is 12.3 Å². The van der Waals surface area contributed by atoms with Gasteiger partial charge < -0.3 is 10.6 Å². The molecule has 56 valence electrons. The predicted molar refractivity (Wildman–Crippen MR) is 41.6 cm³/mol. The highest BCUT2D eigenvalue weighted by molar-refractivity contribution is 5.05. The van der Waals surface area contributed by atoms with E-state index in [0.29, 0.717) is 5.92 Å². The van der Waals surface area contributed by atoms with Crippen LogP contribution in [0.4, 0.5) is 0 Å². The Morgan fingerprint density at radius 1 is 1.30 bits per heavy atom. The van der Waals surface area contributed by atoms with E-state index in [1.807, 2.05) is 0 Å². The van der Waals surface area contributed by atoms with Crippen molar-refractivity contribution in [3.05, 3.63) is 12.3 Å². The molecule has 10 heavy (non-hydrogen) atoms. The second-order valence-corrected chi connectivity index (χ2v) is 3.36. The number of fused-ring (bicyclic) bond motifs is 2. The Bertz CT molecular complexity index is 153. The minimum absolute atomic E-state index is 0.701. The molecule has 2 heteroatoms. The van der Waals surface area contributed by atoms with Crippen LogP contribution in [0.25, 0.3) is 0 Å². The number of hydrogen-bond donors (Lipinski definition) is 2. The van der Waals surface area contributed by atoms with Gasteiger partial charge >= 0.3 is 0 Å². The summed E-state index contributed by atoms with van der Waals surface area (Å²) in [5.74, 6) is 1.55. The van der Waals surface area contributed by atoms with Gasteiger partial charge in [0.25, 0.3) is 0 Å². The summed E-state index contributed by atoms with van der Waals surface area (Å²) < 4.78 is 0. The van der Waals surface area contributed by atoms with Crippen LogP contribution in [0.5, 0.6) is 0 Å². The van der Waals surface area contributed by atoms with E-state index >= 15 is 0 Å². The normalized spacial score (nSPS) is 39.0. The molecular formula is C8H14N2. The summed E-state index contributed by atoms with van der Waals surface area (Å²) in [5.41, 5.74) is 1.24. The summed E-state index contributed by atoms with van der Waals surface area (Å²) in [6, 6.07) is 0. The molecule has 2 N–H and O–H groups in total. The summed E-state index contributed by atoms with van der Waals surface area (Å²) in [6.45, 7) is 7.43. The Morgan fingerprint density at radius 2 is 2.20 bits per heavy atom. The Labute approximate surface area is 61.7 Å². The van der Waals surface area contributed by atoms with E-state index in [1.165, 1.54) is 18.7 Å². The van der Waals surface area contributed by atoms with Gasteiger partial charge in [-0.3, -0.25) is 0 Å². The van der Waals surface area contributed by atoms with Gasteiger partial charge in [-0.05, 0) is 18.9 Å². The summed E-state index contributed by atoms with van der Waals surface area (Å²) in [7, 11) is 0. The molecule has 0 radical (unpaired) electrons. The lowest BCUT2D eigenvalue weighted by Gasteiger charge is -2.37. The van der Waals surface area contributed by atoms with Crippen LogP contribution in [-0.2, 0) is 0 Å². The topological polar surface area (TPSA) is 24.1 Å². The fourth-order valence-corrected chi connectivity index (χ4v) is 1.87. The maximum absolute atomic E-state index is 3.98. The third kappa shape index (κ3) is 0.926. The Morgan fingerprint density at radius 3 is 3.00 bits per heavy atom. The molecule has 0 spiro atoms. The molecule has 2 nitrogen and oxygen atoms in total. The molecule has 2 aliphatic rings. The summed E-state index contributed by atoms with van der Waals surface area (Å²) in [4.78, 5) is 0. The van der Waals surface area contributed by atoms with Crippen molar-refractivity contribution in [2.45, 2.75) is 6.42 Å². The largest absolute Gasteiger partial charge is 0.388 e. The van der Waals surface area contributed by atoms with Gasteiger partial charge in [0.2, 0.25) is 0 Å². The molecule has 2 bridgehead atoms. The zero-order chi connectivity index (χ0) is 6.97. The van der Waals surface area contributed by atoms with Crippen molar-refractivity contribution >= 4 is 0 Å². The van der Waals surface area contributed by atoms with E-state index in [9.17, 15) is 0 Å². The van der Waals surface area contributed by atoms with Crippen LogP contribution >= 0.6 is 0 Å². The number of rotatable bonds is 0. The first-order valence-corrected chi connectivity index (χ1v) is 3.99. The summed E-state index contributed by atoms with van der Waals surface area (Å²) in [6.07, 6.45) is 1.35. The molecule has 2 aliphatic heterocycles. The van der Waals surface area contributed by atoms with E-state index in [4.69, 9.17) is 0 Å². The second-order valence-electron chi connectivity index (χ2n) is 3.36. The monoisotopic (exact) mass is 138 g/mol. The maximum atomic E-state index is 3.98. The first-order valence-electron chi connectivity index (χ1n) is 3.99. The van der Waals surface area contributed by atoms with Crippen LogP contribution in [0, 0.1) is 11.8 Å². The van der Waals surface area contributed by atoms with Gasteiger partial charge in [-0.15, -0.1) is 0 Å². The molecule has 0 aromatic carbocycles. The van der Waals surface area contributed by atoms with Gasteiger partial charge in [0.05, 0.1) is 0 Å². The van der Waals surface area contributed by atoms with Crippen molar-refractivity contribution in [2.24, 2.45) is 11.8 Å². The summed E-state index contributed by atoms with van der Waals surface area (Å²) >= 11 is 0. The molecule has 0 saturated carbocycles. The van der Waals surface area contributed by atoms with Crippen molar-refractivity contribution in [1.82, 2.24) is 10.6 Å². The van der Waals surface area contributed by atoms with Crippen LogP contribution in [0.1, 0.15) is 6.42 Å². The number of nitrogens with one attached hydrogen (secondary N) is 2. The molecule has 2 unspecified atom stereocenters. The SMILES string of the molecule is C=C1NCC2CNCC1C2. The average molecular weight is 138 g/mol. The standard InChI is InChI=1S/C8H14N2/c1-6-8-2-7(4-10-6)3-9-5-8/h7-10H,1-5H2. The Hall–Kier alpha value is -0.500. The molecule has 2 atom stereocenters. The molecule has 2 heterocycles. The predicted octanol–water partition coefficient (Wildman–Crippen LogP) is 0.329. The highest BCUT2D eigenvalue weighted by atomic mass is 15.0. The van der Waals surface area contributed by atoms with Crippen LogP contribution in [-0.4, -0.2) is 19.6 Å². The van der Waals surface area contributed by atoms with E-state index in [1.54, 1.807) is 0 Å². The zero-order valence-electron chi connectivity index (χ0n) is 6.19. The van der Waals surface area contributed by atoms with Gasteiger partial charge in [-0.2, -0.15) is 0 Å². The molecule has 2 saturated heterocycles. The van der Waals surface area contributed by atoms with Gasteiger partial charge in [0, 0.05) is 24.7 Å². The molecule has 2 rings (SSSR count). The lowest BCUT2D eigenvalue weighted by atomic mass is 9.85. The van der Waals surface area contributed by atoms with E-state index < -0.39 is 0 Å². The molecule has 0 amide bonds. The minimum Gasteiger partial charge on any atom is -0.388 e. The quantitative estimate of drug-likeness (QED) is 0.504. The Kier molecular flexibility index (Phi) is 1.42. The zero-order valence-corrected chi connectivity index (χ0v) is 6.19. The maximum Gasteiger partial charge on any atom is 0.0184 e. The first-order chi connectivity index (χ1) is 4.86. The smallest absolute Gasteiger partial charge is 0.0184 e. The summed E-state index contributed by atoms with van der Waals surface area (Å²) in [5, 5.41) is 6.77. The molecule has 0 aromatic rings. The molecule has 2 fully saturated rings. The van der Waals surface area contributed by atoms with Gasteiger partial charge in [0.15, 0.2) is 0 Å². The van der Waals surface area contributed by atoms with E-state index in [2.05, 4.69) is 17.2 Å². The first kappa shape index (κ1) is 6.23. The number of piperidine rings is 2.